The first-order valence-electron chi connectivity index (χ1n) is 8.96. The van der Waals surface area contributed by atoms with Crippen molar-refractivity contribution in [3.05, 3.63) is 65.7 Å². The van der Waals surface area contributed by atoms with Gasteiger partial charge in [-0.05, 0) is 43.5 Å². The molecule has 0 aliphatic heterocycles. The van der Waals surface area contributed by atoms with E-state index in [-0.39, 0.29) is 18.5 Å². The second-order valence-electron chi connectivity index (χ2n) is 6.51. The van der Waals surface area contributed by atoms with Gasteiger partial charge in [-0.2, -0.15) is 0 Å². The molecule has 1 aliphatic rings. The van der Waals surface area contributed by atoms with Crippen molar-refractivity contribution in [3.63, 3.8) is 0 Å². The van der Waals surface area contributed by atoms with Crippen molar-refractivity contribution in [3.8, 4) is 0 Å². The second kappa shape index (κ2) is 8.03. The van der Waals surface area contributed by atoms with Crippen LogP contribution in [0.25, 0.3) is 0 Å². The maximum absolute atomic E-state index is 12.4. The fraction of sp³-hybridized carbons (Fsp3) is 0.286. The molecular formula is C21H22N2O4. The second-order valence-corrected chi connectivity index (χ2v) is 6.51. The highest BCUT2D eigenvalue weighted by Crippen LogP contribution is 2.49. The molecule has 2 N–H and O–H groups in total. The van der Waals surface area contributed by atoms with Crippen LogP contribution in [0.1, 0.15) is 35.7 Å². The number of ether oxygens (including phenoxy) is 1. The quantitative estimate of drug-likeness (QED) is 0.738. The lowest BCUT2D eigenvalue weighted by molar-refractivity contribution is -0.150. The summed E-state index contributed by atoms with van der Waals surface area (Å²) in [5, 5.41) is 5.35. The number of carbonyl (C=O) groups excluding carboxylic acids is 3. The fourth-order valence-electron chi connectivity index (χ4n) is 2.96. The molecule has 1 saturated carbocycles. The largest absolute Gasteiger partial charge is 0.455 e. The molecule has 0 aromatic heterocycles. The normalized spacial score (nSPS) is 14.1. The molecule has 1 fully saturated rings. The minimum atomic E-state index is -0.611. The van der Waals surface area contributed by atoms with Crippen molar-refractivity contribution in [2.24, 2.45) is 0 Å². The zero-order valence-electron chi connectivity index (χ0n) is 15.2. The van der Waals surface area contributed by atoms with E-state index < -0.39 is 11.3 Å². The summed E-state index contributed by atoms with van der Waals surface area (Å²) in [6.45, 7) is 1.99. The number of benzene rings is 2. The summed E-state index contributed by atoms with van der Waals surface area (Å²) in [6.07, 6.45) is 1.46. The molecule has 0 bridgehead atoms. The molecule has 1 aliphatic carbocycles. The molecule has 0 radical (unpaired) electrons. The van der Waals surface area contributed by atoms with Gasteiger partial charge in [-0.3, -0.25) is 14.4 Å². The standard InChI is InChI=1S/C21H22N2O4/c1-2-22-19(25)15-7-6-10-17(13-15)23-18(24)14-27-20(26)21(11-12-21)16-8-4-3-5-9-16/h3-10,13H,2,11-12,14H2,1H3,(H,22,25)(H,23,24). The van der Waals surface area contributed by atoms with Crippen LogP contribution in [0.5, 0.6) is 0 Å². The minimum absolute atomic E-state index is 0.210. The maximum atomic E-state index is 12.4. The summed E-state index contributed by atoms with van der Waals surface area (Å²) in [5.41, 5.74) is 1.24. The average molecular weight is 366 g/mol. The van der Waals surface area contributed by atoms with Gasteiger partial charge in [-0.1, -0.05) is 36.4 Å². The van der Waals surface area contributed by atoms with E-state index in [1.807, 2.05) is 37.3 Å². The average Bonchev–Trinajstić information content (AvgIpc) is 3.49. The van der Waals surface area contributed by atoms with Crippen molar-refractivity contribution in [1.82, 2.24) is 5.32 Å². The molecule has 0 unspecified atom stereocenters. The Bertz CT molecular complexity index is 844. The number of hydrogen-bond donors (Lipinski definition) is 2. The molecule has 2 aromatic rings. The summed E-state index contributed by atoms with van der Waals surface area (Å²) >= 11 is 0. The Morgan fingerprint density at radius 3 is 2.44 bits per heavy atom. The molecule has 6 nitrogen and oxygen atoms in total. The molecule has 2 aromatic carbocycles. The maximum Gasteiger partial charge on any atom is 0.317 e. The van der Waals surface area contributed by atoms with E-state index in [1.165, 1.54) is 0 Å². The van der Waals surface area contributed by atoms with E-state index in [9.17, 15) is 14.4 Å². The van der Waals surface area contributed by atoms with Gasteiger partial charge in [0.05, 0.1) is 5.41 Å². The van der Waals surface area contributed by atoms with E-state index in [1.54, 1.807) is 24.3 Å². The smallest absolute Gasteiger partial charge is 0.317 e. The van der Waals surface area contributed by atoms with Crippen LogP contribution < -0.4 is 10.6 Å². The Balaban J connectivity index is 1.55. The van der Waals surface area contributed by atoms with Gasteiger partial charge >= 0.3 is 5.97 Å². The molecular weight excluding hydrogens is 344 g/mol. The monoisotopic (exact) mass is 366 g/mol. The predicted molar refractivity (Wildman–Crippen MR) is 101 cm³/mol. The van der Waals surface area contributed by atoms with Crippen LogP contribution in [0.3, 0.4) is 0 Å². The lowest BCUT2D eigenvalue weighted by Gasteiger charge is -2.15. The van der Waals surface area contributed by atoms with E-state index in [2.05, 4.69) is 10.6 Å². The van der Waals surface area contributed by atoms with Gasteiger partial charge in [0.2, 0.25) is 0 Å². The van der Waals surface area contributed by atoms with Crippen molar-refractivity contribution in [2.75, 3.05) is 18.5 Å². The third-order valence-electron chi connectivity index (χ3n) is 4.55. The van der Waals surface area contributed by atoms with Crippen LogP contribution in [0.2, 0.25) is 0 Å². The minimum Gasteiger partial charge on any atom is -0.455 e. The van der Waals surface area contributed by atoms with Crippen molar-refractivity contribution in [1.29, 1.82) is 0 Å². The van der Waals surface area contributed by atoms with Gasteiger partial charge in [0.15, 0.2) is 6.61 Å². The summed E-state index contributed by atoms with van der Waals surface area (Å²) in [5.74, 6) is -1.03. The highest BCUT2D eigenvalue weighted by atomic mass is 16.5. The van der Waals surface area contributed by atoms with Gasteiger partial charge < -0.3 is 15.4 Å². The first-order valence-corrected chi connectivity index (χ1v) is 8.96. The van der Waals surface area contributed by atoms with Crippen molar-refractivity contribution in [2.45, 2.75) is 25.2 Å². The summed E-state index contributed by atoms with van der Waals surface area (Å²) in [7, 11) is 0. The molecule has 0 saturated heterocycles. The highest BCUT2D eigenvalue weighted by Gasteiger charge is 2.52. The number of amides is 2. The van der Waals surface area contributed by atoms with Gasteiger partial charge in [-0.25, -0.2) is 0 Å². The number of rotatable bonds is 7. The van der Waals surface area contributed by atoms with Gasteiger partial charge in [0.1, 0.15) is 0 Å². The Kier molecular flexibility index (Phi) is 5.54. The van der Waals surface area contributed by atoms with Crippen LogP contribution in [0.15, 0.2) is 54.6 Å². The van der Waals surface area contributed by atoms with Crippen molar-refractivity contribution < 1.29 is 19.1 Å². The Hall–Kier alpha value is -3.15. The third kappa shape index (κ3) is 4.34. The molecule has 6 heteroatoms. The molecule has 27 heavy (non-hydrogen) atoms. The summed E-state index contributed by atoms with van der Waals surface area (Å²) < 4.78 is 5.24. The number of nitrogens with one attached hydrogen (secondary N) is 2. The topological polar surface area (TPSA) is 84.5 Å². The number of esters is 1. The lowest BCUT2D eigenvalue weighted by atomic mass is 9.96. The molecule has 140 valence electrons. The fourth-order valence-corrected chi connectivity index (χ4v) is 2.96. The van der Waals surface area contributed by atoms with Crippen LogP contribution in [-0.4, -0.2) is 30.9 Å². The van der Waals surface area contributed by atoms with Crippen LogP contribution in [-0.2, 0) is 19.7 Å². The van der Waals surface area contributed by atoms with Crippen LogP contribution in [0, 0.1) is 0 Å². The van der Waals surface area contributed by atoms with Crippen LogP contribution in [0.4, 0.5) is 5.69 Å². The number of carbonyl (C=O) groups is 3. The molecule has 0 heterocycles. The SMILES string of the molecule is CCNC(=O)c1cccc(NC(=O)COC(=O)C2(c3ccccc3)CC2)c1. The molecule has 0 atom stereocenters. The van der Waals surface area contributed by atoms with Gasteiger partial charge in [0.25, 0.3) is 11.8 Å². The third-order valence-corrected chi connectivity index (χ3v) is 4.55. The van der Waals surface area contributed by atoms with E-state index >= 15 is 0 Å². The molecule has 3 rings (SSSR count). The Morgan fingerprint density at radius 1 is 1.04 bits per heavy atom. The van der Waals surface area contributed by atoms with Crippen molar-refractivity contribution >= 4 is 23.5 Å². The molecule has 2 amide bonds. The zero-order valence-corrected chi connectivity index (χ0v) is 15.2. The lowest BCUT2D eigenvalue weighted by Crippen LogP contribution is -2.28. The van der Waals surface area contributed by atoms with E-state index in [0.29, 0.717) is 17.8 Å². The Morgan fingerprint density at radius 2 is 1.78 bits per heavy atom. The number of hydrogen-bond acceptors (Lipinski definition) is 4. The zero-order chi connectivity index (χ0) is 19.3. The van der Waals surface area contributed by atoms with Gasteiger partial charge in [-0.15, -0.1) is 0 Å². The summed E-state index contributed by atoms with van der Waals surface area (Å²) in [6, 6.07) is 16.1. The first kappa shape index (κ1) is 18.6. The van der Waals surface area contributed by atoms with Crippen LogP contribution >= 0.6 is 0 Å². The molecule has 0 spiro atoms. The highest BCUT2D eigenvalue weighted by molar-refractivity contribution is 5.98. The van der Waals surface area contributed by atoms with Gasteiger partial charge in [0, 0.05) is 17.8 Å². The Labute approximate surface area is 157 Å². The van der Waals surface area contributed by atoms with E-state index in [4.69, 9.17) is 4.74 Å². The predicted octanol–water partition coefficient (Wildman–Crippen LogP) is 2.65. The summed E-state index contributed by atoms with van der Waals surface area (Å²) in [4.78, 5) is 36.4. The number of anilines is 1. The van der Waals surface area contributed by atoms with E-state index in [0.717, 1.165) is 18.4 Å². The first-order chi connectivity index (χ1) is 13.0.